The van der Waals surface area contributed by atoms with E-state index in [2.05, 4.69) is 26.2 Å². The van der Waals surface area contributed by atoms with Crippen molar-refractivity contribution in [2.45, 2.75) is 19.4 Å². The molecule has 2 N–H and O–H groups in total. The second-order valence-corrected chi connectivity index (χ2v) is 7.52. The van der Waals surface area contributed by atoms with Crippen molar-refractivity contribution in [3.63, 3.8) is 0 Å². The highest BCUT2D eigenvalue weighted by Gasteiger charge is 2.16. The molecule has 158 valence electrons. The Balaban J connectivity index is 2.01. The maximum atomic E-state index is 12.8. The molecular weight excluding hydrogens is 464 g/mol. The summed E-state index contributed by atoms with van der Waals surface area (Å²) in [7, 11) is 1.64. The monoisotopic (exact) mass is 481 g/mol. The fraction of sp³-hybridized carbons (Fsp3) is 0.250. The van der Waals surface area contributed by atoms with Crippen molar-refractivity contribution in [2.75, 3.05) is 6.61 Å². The Labute approximate surface area is 178 Å². The summed E-state index contributed by atoms with van der Waals surface area (Å²) in [5.41, 5.74) is 1.03. The Morgan fingerprint density at radius 2 is 2.13 bits per heavy atom. The van der Waals surface area contributed by atoms with Crippen LogP contribution < -0.4 is 15.6 Å². The molecule has 1 aromatic carbocycles. The van der Waals surface area contributed by atoms with E-state index in [1.165, 1.54) is 4.57 Å². The Bertz CT molecular complexity index is 1220. The lowest BCUT2D eigenvalue weighted by atomic mass is 10.1. The van der Waals surface area contributed by atoms with E-state index in [0.717, 1.165) is 10.8 Å². The Morgan fingerprint density at radius 3 is 2.80 bits per heavy atom. The predicted molar refractivity (Wildman–Crippen MR) is 112 cm³/mol. The van der Waals surface area contributed by atoms with Gasteiger partial charge in [-0.05, 0) is 52.9 Å². The summed E-state index contributed by atoms with van der Waals surface area (Å²) >= 11 is 3.43. The lowest BCUT2D eigenvalue weighted by Gasteiger charge is -2.18. The van der Waals surface area contributed by atoms with E-state index in [-0.39, 0.29) is 18.6 Å². The highest BCUT2D eigenvalue weighted by Crippen LogP contribution is 2.33. The number of nitrogens with zero attached hydrogens (tertiary/aromatic N) is 2. The normalized spacial score (nSPS) is 12.0. The van der Waals surface area contributed by atoms with Crippen molar-refractivity contribution in [2.24, 2.45) is 7.05 Å². The zero-order valence-corrected chi connectivity index (χ0v) is 17.7. The topological polar surface area (TPSA) is 93.5 Å². The van der Waals surface area contributed by atoms with Crippen LogP contribution in [0.2, 0.25) is 0 Å². The van der Waals surface area contributed by atoms with Crippen LogP contribution >= 0.6 is 15.9 Å². The number of aromatic nitrogens is 2. The van der Waals surface area contributed by atoms with Gasteiger partial charge in [-0.3, -0.25) is 9.78 Å². The smallest absolute Gasteiger partial charge is 0.405 e. The zero-order valence-electron chi connectivity index (χ0n) is 16.1. The average Bonchev–Trinajstić information content (AvgIpc) is 2.68. The number of carboxylic acid groups (broad SMARTS) is 1. The molecule has 2 aromatic heterocycles. The van der Waals surface area contributed by atoms with E-state index < -0.39 is 18.2 Å². The van der Waals surface area contributed by atoms with Crippen LogP contribution in [0.1, 0.15) is 12.1 Å². The molecule has 0 radical (unpaired) electrons. The van der Waals surface area contributed by atoms with Crippen molar-refractivity contribution in [3.05, 3.63) is 57.1 Å². The molecule has 0 aliphatic rings. The van der Waals surface area contributed by atoms with Crippen LogP contribution in [0.5, 0.6) is 5.75 Å². The van der Waals surface area contributed by atoms with Crippen LogP contribution in [0.15, 0.2) is 45.8 Å². The van der Waals surface area contributed by atoms with Gasteiger partial charge in [0.25, 0.3) is 11.6 Å². The number of rotatable bonds is 6. The number of hydrogen-bond acceptors (Lipinski definition) is 4. The standard InChI is InChI=1S/C20H18BrF2N3O4/c1-10-18-12(5-6-24-10)13-7-14(21)16(8-15(13)26(2)19(18)27)30-9-11(25-20(28)29)3-4-17(22)23/h4-8,11,25H,3,9H2,1-2H3,(H,28,29). The molecule has 30 heavy (non-hydrogen) atoms. The number of carbonyl (C=O) groups is 1. The fourth-order valence-corrected chi connectivity index (χ4v) is 3.71. The predicted octanol–water partition coefficient (Wildman–Crippen LogP) is 4.34. The summed E-state index contributed by atoms with van der Waals surface area (Å²) in [6.07, 6.45) is -1.20. The van der Waals surface area contributed by atoms with Crippen molar-refractivity contribution >= 4 is 43.7 Å². The quantitative estimate of drug-likeness (QED) is 0.510. The number of ether oxygens (including phenoxy) is 1. The molecule has 0 fully saturated rings. The number of pyridine rings is 2. The Morgan fingerprint density at radius 1 is 1.40 bits per heavy atom. The minimum atomic E-state index is -1.90. The molecule has 1 amide bonds. The molecule has 2 heterocycles. The summed E-state index contributed by atoms with van der Waals surface area (Å²) in [5.74, 6) is 0.351. The summed E-state index contributed by atoms with van der Waals surface area (Å²) in [5, 5.41) is 13.1. The third kappa shape index (κ3) is 4.43. The van der Waals surface area contributed by atoms with Gasteiger partial charge in [0, 0.05) is 24.7 Å². The third-order valence-electron chi connectivity index (χ3n) is 4.69. The summed E-state index contributed by atoms with van der Waals surface area (Å²) in [6.45, 7) is 1.59. The minimum absolute atomic E-state index is 0.176. The number of hydrogen-bond donors (Lipinski definition) is 2. The van der Waals surface area contributed by atoms with Crippen LogP contribution in [0, 0.1) is 6.92 Å². The molecule has 1 unspecified atom stereocenters. The molecule has 7 nitrogen and oxygen atoms in total. The first-order valence-electron chi connectivity index (χ1n) is 8.90. The van der Waals surface area contributed by atoms with Gasteiger partial charge in [-0.1, -0.05) is 0 Å². The molecule has 0 aliphatic carbocycles. The Kier molecular flexibility index (Phi) is 6.35. The van der Waals surface area contributed by atoms with Crippen LogP contribution in [-0.4, -0.2) is 33.4 Å². The van der Waals surface area contributed by atoms with Crippen LogP contribution in [0.4, 0.5) is 13.6 Å². The summed E-state index contributed by atoms with van der Waals surface area (Å²) in [6, 6.07) is 4.34. The second-order valence-electron chi connectivity index (χ2n) is 6.67. The van der Waals surface area contributed by atoms with E-state index in [1.54, 1.807) is 38.4 Å². The first-order valence-corrected chi connectivity index (χ1v) is 9.69. The highest BCUT2D eigenvalue weighted by molar-refractivity contribution is 9.10. The summed E-state index contributed by atoms with van der Waals surface area (Å²) < 4.78 is 32.5. The van der Waals surface area contributed by atoms with Crippen LogP contribution in [-0.2, 0) is 7.05 Å². The molecule has 0 bridgehead atoms. The number of halogens is 3. The number of nitrogens with one attached hydrogen (secondary N) is 1. The van der Waals surface area contributed by atoms with Crippen molar-refractivity contribution in [1.82, 2.24) is 14.9 Å². The molecule has 3 rings (SSSR count). The number of benzene rings is 1. The van der Waals surface area contributed by atoms with Crippen LogP contribution in [0.25, 0.3) is 21.7 Å². The molecule has 3 aromatic rings. The van der Waals surface area contributed by atoms with Gasteiger partial charge < -0.3 is 19.7 Å². The minimum Gasteiger partial charge on any atom is -0.490 e. The van der Waals surface area contributed by atoms with Crippen molar-refractivity contribution in [3.8, 4) is 5.75 Å². The second kappa shape index (κ2) is 8.78. The van der Waals surface area contributed by atoms with Gasteiger partial charge in [0.1, 0.15) is 12.4 Å². The third-order valence-corrected chi connectivity index (χ3v) is 5.30. The molecule has 1 atom stereocenters. The van der Waals surface area contributed by atoms with E-state index in [0.29, 0.717) is 32.9 Å². The highest BCUT2D eigenvalue weighted by atomic mass is 79.9. The van der Waals surface area contributed by atoms with Gasteiger partial charge in [-0.25, -0.2) is 4.79 Å². The van der Waals surface area contributed by atoms with Gasteiger partial charge in [0.2, 0.25) is 0 Å². The maximum Gasteiger partial charge on any atom is 0.405 e. The van der Waals surface area contributed by atoms with E-state index in [4.69, 9.17) is 9.84 Å². The SMILES string of the molecule is Cc1nccc2c1c(=O)n(C)c1cc(OCC(CC=C(F)F)NC(=O)O)c(Br)cc21. The molecular formula is C20H18BrF2N3O4. The molecule has 0 aliphatic heterocycles. The average molecular weight is 482 g/mol. The van der Waals surface area contributed by atoms with Crippen molar-refractivity contribution < 1.29 is 23.4 Å². The zero-order chi connectivity index (χ0) is 22.0. The van der Waals surface area contributed by atoms with Gasteiger partial charge in [0.15, 0.2) is 0 Å². The first kappa shape index (κ1) is 21.7. The number of amides is 1. The lowest BCUT2D eigenvalue weighted by molar-refractivity contribution is 0.181. The molecule has 10 heteroatoms. The van der Waals surface area contributed by atoms with Gasteiger partial charge >= 0.3 is 6.09 Å². The number of aryl methyl sites for hydroxylation is 2. The Hall–Kier alpha value is -3.01. The van der Waals surface area contributed by atoms with E-state index in [1.807, 2.05) is 0 Å². The molecule has 0 saturated heterocycles. The van der Waals surface area contributed by atoms with Crippen LogP contribution in [0.3, 0.4) is 0 Å². The lowest BCUT2D eigenvalue weighted by Crippen LogP contribution is -2.37. The van der Waals surface area contributed by atoms with Crippen molar-refractivity contribution in [1.29, 1.82) is 0 Å². The van der Waals surface area contributed by atoms with E-state index >= 15 is 0 Å². The maximum absolute atomic E-state index is 12.8. The first-order chi connectivity index (χ1) is 14.2. The van der Waals surface area contributed by atoms with Gasteiger partial charge in [0.05, 0.1) is 27.1 Å². The van der Waals surface area contributed by atoms with Gasteiger partial charge in [-0.15, -0.1) is 0 Å². The van der Waals surface area contributed by atoms with Gasteiger partial charge in [-0.2, -0.15) is 8.78 Å². The summed E-state index contributed by atoms with van der Waals surface area (Å²) in [4.78, 5) is 27.9. The fourth-order valence-electron chi connectivity index (χ4n) is 3.25. The molecule has 0 saturated carbocycles. The largest absolute Gasteiger partial charge is 0.490 e. The van der Waals surface area contributed by atoms with E-state index in [9.17, 15) is 18.4 Å². The number of fused-ring (bicyclic) bond motifs is 3. The molecule has 0 spiro atoms.